The molecule has 248 valence electrons. The number of methoxy groups -OCH3 is 1. The van der Waals surface area contributed by atoms with Crippen molar-refractivity contribution >= 4 is 35.8 Å². The van der Waals surface area contributed by atoms with Crippen LogP contribution in [0.25, 0.3) is 11.1 Å². The summed E-state index contributed by atoms with van der Waals surface area (Å²) in [5.41, 5.74) is 9.19. The van der Waals surface area contributed by atoms with E-state index in [1.54, 1.807) is 33.1 Å². The molecule has 1 saturated heterocycles. The van der Waals surface area contributed by atoms with Gasteiger partial charge < -0.3 is 19.9 Å². The number of carbonyl (C=O) groups is 4. The molecule has 2 aliphatic heterocycles. The van der Waals surface area contributed by atoms with Crippen LogP contribution >= 0.6 is 0 Å². The molecule has 2 N–H and O–H groups in total. The first kappa shape index (κ1) is 34.7. The Morgan fingerprint density at radius 1 is 1.04 bits per heavy atom. The predicted octanol–water partition coefficient (Wildman–Crippen LogP) is 5.10. The maximum Gasteiger partial charge on any atom is 0.411 e. The highest BCUT2D eigenvalue weighted by molar-refractivity contribution is 6.21. The van der Waals surface area contributed by atoms with E-state index in [1.165, 1.54) is 29.1 Å². The van der Waals surface area contributed by atoms with Gasteiger partial charge in [0.15, 0.2) is 0 Å². The van der Waals surface area contributed by atoms with Gasteiger partial charge in [-0.2, -0.15) is 0 Å². The maximum atomic E-state index is 12.9. The number of aliphatic imine (C=N–C) groups is 1. The van der Waals surface area contributed by atoms with Gasteiger partial charge in [0, 0.05) is 37.0 Å². The lowest BCUT2D eigenvalue weighted by molar-refractivity contribution is -0.145. The molecule has 2 atom stereocenters. The van der Waals surface area contributed by atoms with Crippen LogP contribution in [-0.4, -0.2) is 84.4 Å². The van der Waals surface area contributed by atoms with E-state index in [0.717, 1.165) is 16.7 Å². The van der Waals surface area contributed by atoms with Gasteiger partial charge in [-0.1, -0.05) is 49.6 Å². The number of carbonyl (C=O) groups excluding carboxylic acids is 4. The lowest BCUT2D eigenvalue weighted by Crippen LogP contribution is -2.44. The van der Waals surface area contributed by atoms with E-state index in [2.05, 4.69) is 18.2 Å². The van der Waals surface area contributed by atoms with Crippen molar-refractivity contribution in [1.29, 1.82) is 0 Å². The second-order valence-corrected chi connectivity index (χ2v) is 12.2. The molecule has 11 heteroatoms. The first-order valence-corrected chi connectivity index (χ1v) is 15.5. The topological polar surface area (TPSA) is 141 Å². The van der Waals surface area contributed by atoms with Gasteiger partial charge >= 0.3 is 12.1 Å². The Hall–Kier alpha value is -5.19. The summed E-state index contributed by atoms with van der Waals surface area (Å²) in [6.45, 7) is 13.5. The number of imide groups is 1. The molecule has 0 spiro atoms. The summed E-state index contributed by atoms with van der Waals surface area (Å²) in [5.74, 6) is -0.675. The highest BCUT2D eigenvalue weighted by Crippen LogP contribution is 2.32. The smallest absolute Gasteiger partial charge is 0.411 e. The van der Waals surface area contributed by atoms with Crippen molar-refractivity contribution in [3.63, 3.8) is 0 Å². The van der Waals surface area contributed by atoms with Crippen LogP contribution in [0.2, 0.25) is 0 Å². The predicted molar refractivity (Wildman–Crippen MR) is 180 cm³/mol. The van der Waals surface area contributed by atoms with Crippen molar-refractivity contribution in [2.45, 2.75) is 57.8 Å². The normalized spacial score (nSPS) is 18.2. The van der Waals surface area contributed by atoms with Gasteiger partial charge in [-0.15, -0.1) is 0 Å². The number of nitrogens with zero attached hydrogens (tertiary/aromatic N) is 3. The zero-order chi connectivity index (χ0) is 34.3. The number of anilines is 1. The molecule has 2 aromatic rings. The molecule has 1 fully saturated rings. The molecule has 2 aromatic carbocycles. The van der Waals surface area contributed by atoms with Crippen molar-refractivity contribution in [3.8, 4) is 16.9 Å². The number of unbranched alkanes of at least 4 members (excludes halogenated alkanes) is 1. The molecular weight excluding hydrogens is 600 g/mol. The Balaban J connectivity index is 1.41. The molecule has 4 rings (SSSR count). The van der Waals surface area contributed by atoms with Gasteiger partial charge in [-0.05, 0) is 62.9 Å². The SMILES string of the molecule is C=CC1=C(C=C)C(=O)N(CCCCN=Cc2c(N)cccc2-c2cccc(OC3CC(C(=O)OC)N(C(=O)OC(C)(C)C)C3)c2)C1=O. The molecule has 2 unspecified atom stereocenters. The Kier molecular flexibility index (Phi) is 11.0. The van der Waals surface area contributed by atoms with Gasteiger partial charge in [0.1, 0.15) is 23.5 Å². The van der Waals surface area contributed by atoms with E-state index in [9.17, 15) is 19.2 Å². The molecule has 3 amide bonds. The van der Waals surface area contributed by atoms with E-state index in [1.807, 2.05) is 36.4 Å². The van der Waals surface area contributed by atoms with Gasteiger partial charge in [-0.3, -0.25) is 24.4 Å². The minimum Gasteiger partial charge on any atom is -0.488 e. The van der Waals surface area contributed by atoms with Crippen LogP contribution < -0.4 is 10.5 Å². The van der Waals surface area contributed by atoms with Gasteiger partial charge in [0.2, 0.25) is 0 Å². The van der Waals surface area contributed by atoms with Gasteiger partial charge in [-0.25, -0.2) is 9.59 Å². The van der Waals surface area contributed by atoms with Crippen LogP contribution in [0.3, 0.4) is 0 Å². The molecule has 0 radical (unpaired) electrons. The highest BCUT2D eigenvalue weighted by atomic mass is 16.6. The first-order chi connectivity index (χ1) is 22.4. The molecule has 0 aliphatic carbocycles. The van der Waals surface area contributed by atoms with Crippen molar-refractivity contribution in [2.75, 3.05) is 32.5 Å². The Bertz CT molecular complexity index is 1590. The molecule has 47 heavy (non-hydrogen) atoms. The molecular formula is C36H42N4O7. The number of hydrogen-bond acceptors (Lipinski definition) is 9. The summed E-state index contributed by atoms with van der Waals surface area (Å²) in [5, 5.41) is 0. The van der Waals surface area contributed by atoms with E-state index in [0.29, 0.717) is 30.8 Å². The molecule has 2 aliphatic rings. The molecule has 2 heterocycles. The van der Waals surface area contributed by atoms with Crippen LogP contribution in [0, 0.1) is 0 Å². The number of rotatable bonds is 12. The largest absolute Gasteiger partial charge is 0.488 e. The average Bonchev–Trinajstić information content (AvgIpc) is 3.55. The number of amides is 3. The van der Waals surface area contributed by atoms with Crippen molar-refractivity contribution < 1.29 is 33.4 Å². The second kappa shape index (κ2) is 14.9. The number of hydrogen-bond donors (Lipinski definition) is 1. The Morgan fingerprint density at radius 2 is 1.72 bits per heavy atom. The third kappa shape index (κ3) is 8.16. The average molecular weight is 643 g/mol. The number of ether oxygens (including phenoxy) is 3. The minimum absolute atomic E-state index is 0.163. The number of likely N-dealkylation sites (tertiary alicyclic amines) is 1. The van der Waals surface area contributed by atoms with Crippen LogP contribution in [0.4, 0.5) is 10.5 Å². The summed E-state index contributed by atoms with van der Waals surface area (Å²) >= 11 is 0. The molecule has 0 bridgehead atoms. The number of esters is 1. The lowest BCUT2D eigenvalue weighted by atomic mass is 9.98. The van der Waals surface area contributed by atoms with E-state index in [-0.39, 0.29) is 42.5 Å². The molecule has 0 aromatic heterocycles. The van der Waals surface area contributed by atoms with Gasteiger partial charge in [0.25, 0.3) is 11.8 Å². The number of nitrogen functional groups attached to an aromatic ring is 1. The maximum absolute atomic E-state index is 12.9. The Morgan fingerprint density at radius 3 is 2.36 bits per heavy atom. The second-order valence-electron chi connectivity index (χ2n) is 12.2. The molecule has 0 saturated carbocycles. The Labute approximate surface area is 275 Å². The minimum atomic E-state index is -0.818. The van der Waals surface area contributed by atoms with E-state index >= 15 is 0 Å². The molecule has 11 nitrogen and oxygen atoms in total. The number of benzene rings is 2. The first-order valence-electron chi connectivity index (χ1n) is 15.5. The summed E-state index contributed by atoms with van der Waals surface area (Å²) < 4.78 is 16.7. The standard InChI is InChI=1S/C36H42N4O7/c1-7-26-27(8-2)33(42)39(32(26)41)18-10-9-17-38-21-29-28(15-12-16-30(29)37)23-13-11-14-24(19-23)46-25-20-31(34(43)45-6)40(22-25)35(44)47-36(3,4)5/h7-8,11-16,19,21,25,31H,1-2,9-10,17-18,20,22,37H2,3-6H3. The van der Waals surface area contributed by atoms with Crippen LogP contribution in [0.5, 0.6) is 5.75 Å². The van der Waals surface area contributed by atoms with E-state index in [4.69, 9.17) is 19.9 Å². The fraction of sp³-hybridized carbons (Fsp3) is 0.361. The van der Waals surface area contributed by atoms with Crippen molar-refractivity contribution in [2.24, 2.45) is 4.99 Å². The third-order valence-electron chi connectivity index (χ3n) is 7.74. The summed E-state index contributed by atoms with van der Waals surface area (Å²) in [4.78, 5) is 57.6. The zero-order valence-electron chi connectivity index (χ0n) is 27.4. The van der Waals surface area contributed by atoms with Crippen molar-refractivity contribution in [3.05, 3.63) is 84.5 Å². The monoisotopic (exact) mass is 642 g/mol. The quantitative estimate of drug-likeness (QED) is 0.111. The summed E-state index contributed by atoms with van der Waals surface area (Å²) in [6.07, 6.45) is 4.94. The fourth-order valence-electron chi connectivity index (χ4n) is 5.51. The van der Waals surface area contributed by atoms with Gasteiger partial charge in [0.05, 0.1) is 24.8 Å². The zero-order valence-corrected chi connectivity index (χ0v) is 27.4. The summed E-state index contributed by atoms with van der Waals surface area (Å²) in [7, 11) is 1.29. The van der Waals surface area contributed by atoms with Crippen LogP contribution in [0.1, 0.15) is 45.6 Å². The highest BCUT2D eigenvalue weighted by Gasteiger charge is 2.43. The fourth-order valence-corrected chi connectivity index (χ4v) is 5.51. The number of nitrogens with two attached hydrogens (primary N) is 1. The lowest BCUT2D eigenvalue weighted by Gasteiger charge is -2.27. The van der Waals surface area contributed by atoms with Crippen LogP contribution in [-0.2, 0) is 23.9 Å². The third-order valence-corrected chi connectivity index (χ3v) is 7.74. The summed E-state index contributed by atoms with van der Waals surface area (Å²) in [6, 6.07) is 12.3. The van der Waals surface area contributed by atoms with E-state index < -0.39 is 29.8 Å². The van der Waals surface area contributed by atoms with Crippen molar-refractivity contribution in [1.82, 2.24) is 9.80 Å². The van der Waals surface area contributed by atoms with Crippen LogP contribution in [0.15, 0.2) is 83.9 Å².